The van der Waals surface area contributed by atoms with Crippen LogP contribution in [0.5, 0.6) is 0 Å². The van der Waals surface area contributed by atoms with Gasteiger partial charge in [0.25, 0.3) is 0 Å². The van der Waals surface area contributed by atoms with E-state index in [-0.39, 0.29) is 10.8 Å². The number of aromatic nitrogens is 3. The van der Waals surface area contributed by atoms with Crippen molar-refractivity contribution in [1.29, 1.82) is 0 Å². The van der Waals surface area contributed by atoms with E-state index < -0.39 is 0 Å². The monoisotopic (exact) mass is 249 g/mol. The van der Waals surface area contributed by atoms with Crippen molar-refractivity contribution in [3.63, 3.8) is 0 Å². The van der Waals surface area contributed by atoms with Crippen molar-refractivity contribution in [1.82, 2.24) is 14.3 Å². The van der Waals surface area contributed by atoms with Crippen LogP contribution in [0.15, 0.2) is 6.20 Å². The minimum absolute atomic E-state index is 0.0216. The highest BCUT2D eigenvalue weighted by Crippen LogP contribution is 2.32. The van der Waals surface area contributed by atoms with Crippen LogP contribution < -0.4 is 0 Å². The summed E-state index contributed by atoms with van der Waals surface area (Å²) in [5, 5.41) is 0. The molecule has 0 atom stereocenters. The average molecular weight is 249 g/mol. The Morgan fingerprint density at radius 1 is 0.941 bits per heavy atom. The van der Waals surface area contributed by atoms with Gasteiger partial charge >= 0.3 is 0 Å². The Bertz CT molecular complexity index is 544. The van der Waals surface area contributed by atoms with Gasteiger partial charge in [0.2, 0.25) is 0 Å². The Balaban J connectivity index is 2.76. The molecule has 0 aliphatic heterocycles. The summed E-state index contributed by atoms with van der Waals surface area (Å²) in [4.78, 5) is 9.39. The van der Waals surface area contributed by atoms with E-state index in [1.165, 1.54) is 11.5 Å². The SMILES string of the molecule is CC(C)(C)c1nc(C(C)(C)C)c2sncc2n1. The highest BCUT2D eigenvalue weighted by molar-refractivity contribution is 7.13. The van der Waals surface area contributed by atoms with Crippen molar-refractivity contribution in [2.75, 3.05) is 0 Å². The molecule has 0 unspecified atom stereocenters. The molecule has 0 aliphatic carbocycles. The van der Waals surface area contributed by atoms with Crippen molar-refractivity contribution in [2.45, 2.75) is 52.4 Å². The Morgan fingerprint density at radius 2 is 1.59 bits per heavy atom. The fourth-order valence-corrected chi connectivity index (χ4v) is 2.51. The highest BCUT2D eigenvalue weighted by atomic mass is 32.1. The van der Waals surface area contributed by atoms with Gasteiger partial charge in [-0.05, 0) is 11.5 Å². The second kappa shape index (κ2) is 3.73. The van der Waals surface area contributed by atoms with Crippen LogP contribution in [-0.4, -0.2) is 14.3 Å². The molecule has 0 saturated carbocycles. The van der Waals surface area contributed by atoms with Crippen molar-refractivity contribution in [3.8, 4) is 0 Å². The quantitative estimate of drug-likeness (QED) is 0.715. The summed E-state index contributed by atoms with van der Waals surface area (Å²) in [5.41, 5.74) is 2.07. The fraction of sp³-hybridized carbons (Fsp3) is 0.615. The lowest BCUT2D eigenvalue weighted by atomic mass is 9.90. The van der Waals surface area contributed by atoms with E-state index >= 15 is 0 Å². The maximum Gasteiger partial charge on any atom is 0.134 e. The summed E-state index contributed by atoms with van der Waals surface area (Å²) < 4.78 is 5.35. The van der Waals surface area contributed by atoms with E-state index in [9.17, 15) is 0 Å². The molecule has 2 rings (SSSR count). The highest BCUT2D eigenvalue weighted by Gasteiger charge is 2.25. The molecular formula is C13H19N3S. The zero-order valence-electron chi connectivity index (χ0n) is 11.3. The molecule has 0 aromatic carbocycles. The lowest BCUT2D eigenvalue weighted by Gasteiger charge is -2.22. The summed E-state index contributed by atoms with van der Waals surface area (Å²) in [6.07, 6.45) is 1.84. The van der Waals surface area contributed by atoms with Crippen LogP contribution in [0.25, 0.3) is 10.2 Å². The second-order valence-corrected chi connectivity index (χ2v) is 7.24. The van der Waals surface area contributed by atoms with Crippen LogP contribution in [-0.2, 0) is 10.8 Å². The summed E-state index contributed by atoms with van der Waals surface area (Å²) in [7, 11) is 0. The average Bonchev–Trinajstić information content (AvgIpc) is 2.59. The Hall–Kier alpha value is -1.03. The van der Waals surface area contributed by atoms with Gasteiger partial charge in [0.05, 0.1) is 16.6 Å². The first-order chi connectivity index (χ1) is 7.69. The second-order valence-electron chi connectivity index (χ2n) is 6.44. The molecule has 2 heterocycles. The predicted molar refractivity (Wildman–Crippen MR) is 72.6 cm³/mol. The van der Waals surface area contributed by atoms with E-state index in [1.807, 2.05) is 6.20 Å². The zero-order chi connectivity index (χ0) is 12.8. The van der Waals surface area contributed by atoms with Gasteiger partial charge in [-0.2, -0.15) is 4.37 Å². The third-order valence-electron chi connectivity index (χ3n) is 2.59. The maximum atomic E-state index is 4.77. The van der Waals surface area contributed by atoms with E-state index in [4.69, 9.17) is 4.98 Å². The van der Waals surface area contributed by atoms with Crippen molar-refractivity contribution in [2.24, 2.45) is 0 Å². The molecule has 0 aliphatic rings. The van der Waals surface area contributed by atoms with Gasteiger partial charge in [0.1, 0.15) is 11.3 Å². The molecule has 0 amide bonds. The third kappa shape index (κ3) is 2.32. The van der Waals surface area contributed by atoms with E-state index in [0.717, 1.165) is 21.7 Å². The molecule has 2 aromatic rings. The molecule has 0 fully saturated rings. The Labute approximate surface area is 106 Å². The lowest BCUT2D eigenvalue weighted by molar-refractivity contribution is 0.521. The minimum atomic E-state index is -0.0316. The van der Waals surface area contributed by atoms with Gasteiger partial charge in [-0.25, -0.2) is 9.97 Å². The van der Waals surface area contributed by atoms with E-state index in [1.54, 1.807) is 0 Å². The van der Waals surface area contributed by atoms with Crippen molar-refractivity contribution >= 4 is 21.7 Å². The van der Waals surface area contributed by atoms with Crippen LogP contribution in [0, 0.1) is 0 Å². The third-order valence-corrected chi connectivity index (χ3v) is 3.39. The Morgan fingerprint density at radius 3 is 2.12 bits per heavy atom. The Kier molecular flexibility index (Phi) is 2.73. The molecular weight excluding hydrogens is 230 g/mol. The minimum Gasteiger partial charge on any atom is -0.235 e. The topological polar surface area (TPSA) is 38.7 Å². The molecule has 2 aromatic heterocycles. The molecule has 0 saturated heterocycles. The van der Waals surface area contributed by atoms with Gasteiger partial charge < -0.3 is 0 Å². The smallest absolute Gasteiger partial charge is 0.134 e. The lowest BCUT2D eigenvalue weighted by Crippen LogP contribution is -2.21. The van der Waals surface area contributed by atoms with Crippen LogP contribution in [0.3, 0.4) is 0 Å². The summed E-state index contributed by atoms with van der Waals surface area (Å²) >= 11 is 1.49. The largest absolute Gasteiger partial charge is 0.235 e. The first-order valence-corrected chi connectivity index (χ1v) is 6.60. The van der Waals surface area contributed by atoms with Crippen LogP contribution in [0.2, 0.25) is 0 Å². The molecule has 0 N–H and O–H groups in total. The standard InChI is InChI=1S/C13H19N3S/c1-12(2,3)10-9-8(7-14-17-9)15-11(16-10)13(4,5)6/h7H,1-6H3. The number of hydrogen-bond acceptors (Lipinski definition) is 4. The van der Waals surface area contributed by atoms with Crippen LogP contribution in [0.1, 0.15) is 53.1 Å². The van der Waals surface area contributed by atoms with Crippen molar-refractivity contribution < 1.29 is 0 Å². The van der Waals surface area contributed by atoms with E-state index in [2.05, 4.69) is 50.9 Å². The molecule has 0 spiro atoms. The summed E-state index contributed by atoms with van der Waals surface area (Å²) in [5.74, 6) is 0.898. The van der Waals surface area contributed by atoms with Crippen LogP contribution in [0.4, 0.5) is 0 Å². The molecule has 0 radical (unpaired) electrons. The number of fused-ring (bicyclic) bond motifs is 1. The number of rotatable bonds is 0. The van der Waals surface area contributed by atoms with Gasteiger partial charge in [0.15, 0.2) is 0 Å². The zero-order valence-corrected chi connectivity index (χ0v) is 12.1. The van der Waals surface area contributed by atoms with Gasteiger partial charge in [-0.15, -0.1) is 0 Å². The maximum absolute atomic E-state index is 4.77. The molecule has 17 heavy (non-hydrogen) atoms. The van der Waals surface area contributed by atoms with Crippen LogP contribution >= 0.6 is 11.5 Å². The summed E-state index contributed by atoms with van der Waals surface area (Å²) in [6.45, 7) is 13.0. The summed E-state index contributed by atoms with van der Waals surface area (Å²) in [6, 6.07) is 0. The van der Waals surface area contributed by atoms with Gasteiger partial charge in [-0.3, -0.25) is 0 Å². The van der Waals surface area contributed by atoms with E-state index in [0.29, 0.717) is 0 Å². The van der Waals surface area contributed by atoms with Gasteiger partial charge in [-0.1, -0.05) is 41.5 Å². The molecule has 0 bridgehead atoms. The first kappa shape index (κ1) is 12.4. The normalized spacial score (nSPS) is 13.3. The number of nitrogens with zero attached hydrogens (tertiary/aromatic N) is 3. The molecule has 92 valence electrons. The molecule has 3 nitrogen and oxygen atoms in total. The fourth-order valence-electron chi connectivity index (χ4n) is 1.62. The molecule has 4 heteroatoms. The van der Waals surface area contributed by atoms with Gasteiger partial charge in [0, 0.05) is 10.8 Å². The first-order valence-electron chi connectivity index (χ1n) is 5.83. The predicted octanol–water partition coefficient (Wildman–Crippen LogP) is 3.68. The number of hydrogen-bond donors (Lipinski definition) is 0. The van der Waals surface area contributed by atoms with Crippen molar-refractivity contribution in [3.05, 3.63) is 17.7 Å².